The summed E-state index contributed by atoms with van der Waals surface area (Å²) in [7, 11) is 4.00. The second kappa shape index (κ2) is 7.40. The van der Waals surface area contributed by atoms with Gasteiger partial charge in [-0.15, -0.1) is 0 Å². The first kappa shape index (κ1) is 14.1. The average Bonchev–Trinajstić information content (AvgIpc) is 2.34. The number of amides is 1. The number of carbonyl (C=O) groups is 1. The number of rotatable bonds is 6. The normalized spacial score (nSPS) is 10.6. The van der Waals surface area contributed by atoms with E-state index in [2.05, 4.69) is 25.8 Å². The van der Waals surface area contributed by atoms with Gasteiger partial charge in [0.15, 0.2) is 0 Å². The molecule has 0 spiro atoms. The van der Waals surface area contributed by atoms with E-state index in [0.29, 0.717) is 11.9 Å². The second-order valence-corrected chi connectivity index (χ2v) is 4.67. The number of hydrogen-bond acceptors (Lipinski definition) is 3. The average molecular weight is 300 g/mol. The largest absolute Gasteiger partial charge is 0.336 e. The van der Waals surface area contributed by atoms with E-state index < -0.39 is 0 Å². The standard InChI is InChI=1S/C12H18BrN3O/c1-15(2)6-7-16(12(17)8-13)10-11-4-3-5-14-9-11/h3-5,9H,6-8,10H2,1-2H3. The molecule has 5 heteroatoms. The Balaban J connectivity index is 2.60. The van der Waals surface area contributed by atoms with Crippen molar-refractivity contribution < 1.29 is 4.79 Å². The van der Waals surface area contributed by atoms with Gasteiger partial charge >= 0.3 is 0 Å². The van der Waals surface area contributed by atoms with Crippen LogP contribution in [0, 0.1) is 0 Å². The number of alkyl halides is 1. The molecule has 1 aromatic rings. The molecular formula is C12H18BrN3O. The van der Waals surface area contributed by atoms with Crippen molar-refractivity contribution in [3.63, 3.8) is 0 Å². The highest BCUT2D eigenvalue weighted by atomic mass is 79.9. The van der Waals surface area contributed by atoms with E-state index in [1.807, 2.05) is 31.1 Å². The van der Waals surface area contributed by atoms with Crippen LogP contribution in [0.3, 0.4) is 0 Å². The third-order valence-corrected chi connectivity index (χ3v) is 2.86. The van der Waals surface area contributed by atoms with Crippen molar-refractivity contribution >= 4 is 21.8 Å². The van der Waals surface area contributed by atoms with Gasteiger partial charge in [0.2, 0.25) is 5.91 Å². The minimum absolute atomic E-state index is 0.107. The van der Waals surface area contributed by atoms with Gasteiger partial charge in [-0.25, -0.2) is 0 Å². The van der Waals surface area contributed by atoms with E-state index in [4.69, 9.17) is 0 Å². The van der Waals surface area contributed by atoms with Crippen molar-refractivity contribution in [2.45, 2.75) is 6.54 Å². The topological polar surface area (TPSA) is 36.4 Å². The summed E-state index contributed by atoms with van der Waals surface area (Å²) in [6, 6.07) is 3.87. The molecule has 0 N–H and O–H groups in total. The first-order valence-electron chi connectivity index (χ1n) is 5.51. The van der Waals surface area contributed by atoms with Crippen LogP contribution in [-0.4, -0.2) is 53.2 Å². The number of likely N-dealkylation sites (N-methyl/N-ethyl adjacent to an activating group) is 1. The molecule has 0 unspecified atom stereocenters. The van der Waals surface area contributed by atoms with Crippen LogP contribution in [0.4, 0.5) is 0 Å². The summed E-state index contributed by atoms with van der Waals surface area (Å²) in [4.78, 5) is 19.7. The highest BCUT2D eigenvalue weighted by molar-refractivity contribution is 9.09. The SMILES string of the molecule is CN(C)CCN(Cc1cccnc1)C(=O)CBr. The second-order valence-electron chi connectivity index (χ2n) is 4.11. The molecule has 0 aliphatic rings. The van der Waals surface area contributed by atoms with E-state index in [1.54, 1.807) is 12.4 Å². The van der Waals surface area contributed by atoms with E-state index in [-0.39, 0.29) is 5.91 Å². The Hall–Kier alpha value is -0.940. The van der Waals surface area contributed by atoms with Gasteiger partial charge < -0.3 is 9.80 Å². The quantitative estimate of drug-likeness (QED) is 0.745. The Morgan fingerprint density at radius 1 is 1.41 bits per heavy atom. The fourth-order valence-electron chi connectivity index (χ4n) is 1.41. The molecule has 0 saturated heterocycles. The maximum atomic E-state index is 11.8. The highest BCUT2D eigenvalue weighted by Crippen LogP contribution is 2.04. The van der Waals surface area contributed by atoms with Crippen LogP contribution in [0.1, 0.15) is 5.56 Å². The van der Waals surface area contributed by atoms with E-state index in [9.17, 15) is 4.79 Å². The smallest absolute Gasteiger partial charge is 0.233 e. The zero-order valence-corrected chi connectivity index (χ0v) is 11.9. The summed E-state index contributed by atoms with van der Waals surface area (Å²) >= 11 is 3.22. The lowest BCUT2D eigenvalue weighted by Gasteiger charge is -2.23. The summed E-state index contributed by atoms with van der Waals surface area (Å²) < 4.78 is 0. The Morgan fingerprint density at radius 2 is 2.18 bits per heavy atom. The van der Waals surface area contributed by atoms with Crippen LogP contribution in [-0.2, 0) is 11.3 Å². The van der Waals surface area contributed by atoms with Crippen LogP contribution in [0.25, 0.3) is 0 Å². The summed E-state index contributed by atoms with van der Waals surface area (Å²) in [6.07, 6.45) is 3.53. The molecule has 0 aromatic carbocycles. The fourth-order valence-corrected chi connectivity index (χ4v) is 1.76. The molecular weight excluding hydrogens is 282 g/mol. The van der Waals surface area contributed by atoms with Crippen LogP contribution < -0.4 is 0 Å². The molecule has 94 valence electrons. The van der Waals surface area contributed by atoms with Crippen molar-refractivity contribution in [2.75, 3.05) is 32.5 Å². The minimum Gasteiger partial charge on any atom is -0.336 e. The lowest BCUT2D eigenvalue weighted by atomic mass is 10.2. The molecule has 0 atom stereocenters. The molecule has 0 radical (unpaired) electrons. The number of carbonyl (C=O) groups excluding carboxylic acids is 1. The van der Waals surface area contributed by atoms with Crippen LogP contribution >= 0.6 is 15.9 Å². The van der Waals surface area contributed by atoms with Crippen molar-refractivity contribution in [3.8, 4) is 0 Å². The van der Waals surface area contributed by atoms with E-state index in [1.165, 1.54) is 0 Å². The summed E-state index contributed by atoms with van der Waals surface area (Å²) in [6.45, 7) is 2.21. The maximum absolute atomic E-state index is 11.8. The highest BCUT2D eigenvalue weighted by Gasteiger charge is 2.12. The number of aromatic nitrogens is 1. The van der Waals surface area contributed by atoms with E-state index in [0.717, 1.165) is 18.7 Å². The number of nitrogens with zero attached hydrogens (tertiary/aromatic N) is 3. The molecule has 0 fully saturated rings. The zero-order valence-electron chi connectivity index (χ0n) is 10.3. The third kappa shape index (κ3) is 5.28. The zero-order chi connectivity index (χ0) is 12.7. The predicted octanol–water partition coefficient (Wildman–Crippen LogP) is 1.37. The Morgan fingerprint density at radius 3 is 2.71 bits per heavy atom. The Labute approximate surface area is 111 Å². The van der Waals surface area contributed by atoms with Crippen molar-refractivity contribution in [2.24, 2.45) is 0 Å². The first-order valence-corrected chi connectivity index (χ1v) is 6.63. The van der Waals surface area contributed by atoms with Gasteiger partial charge in [0, 0.05) is 32.0 Å². The molecule has 0 bridgehead atoms. The van der Waals surface area contributed by atoms with Crippen LogP contribution in [0.15, 0.2) is 24.5 Å². The Kier molecular flexibility index (Phi) is 6.15. The molecule has 0 saturated carbocycles. The van der Waals surface area contributed by atoms with Crippen molar-refractivity contribution in [1.29, 1.82) is 0 Å². The maximum Gasteiger partial charge on any atom is 0.233 e. The lowest BCUT2D eigenvalue weighted by molar-refractivity contribution is -0.129. The molecule has 1 aromatic heterocycles. The summed E-state index contributed by atoms with van der Waals surface area (Å²) in [5.41, 5.74) is 1.06. The van der Waals surface area contributed by atoms with Gasteiger partial charge in [-0.2, -0.15) is 0 Å². The molecule has 1 rings (SSSR count). The van der Waals surface area contributed by atoms with E-state index >= 15 is 0 Å². The van der Waals surface area contributed by atoms with Crippen LogP contribution in [0.2, 0.25) is 0 Å². The lowest BCUT2D eigenvalue weighted by Crippen LogP contribution is -2.36. The van der Waals surface area contributed by atoms with Crippen molar-refractivity contribution in [1.82, 2.24) is 14.8 Å². The van der Waals surface area contributed by atoms with Gasteiger partial charge in [-0.3, -0.25) is 9.78 Å². The fraction of sp³-hybridized carbons (Fsp3) is 0.500. The Bertz CT molecular complexity index is 343. The third-order valence-electron chi connectivity index (χ3n) is 2.38. The molecule has 4 nitrogen and oxygen atoms in total. The van der Waals surface area contributed by atoms with Gasteiger partial charge in [0.1, 0.15) is 0 Å². The summed E-state index contributed by atoms with van der Waals surface area (Å²) in [5, 5.41) is 0.362. The van der Waals surface area contributed by atoms with Gasteiger partial charge in [0.25, 0.3) is 0 Å². The molecule has 1 heterocycles. The number of hydrogen-bond donors (Lipinski definition) is 0. The van der Waals surface area contributed by atoms with Gasteiger partial charge in [-0.1, -0.05) is 22.0 Å². The van der Waals surface area contributed by atoms with Gasteiger partial charge in [-0.05, 0) is 25.7 Å². The minimum atomic E-state index is 0.107. The molecule has 0 aliphatic carbocycles. The van der Waals surface area contributed by atoms with Gasteiger partial charge in [0.05, 0.1) is 5.33 Å². The molecule has 0 aliphatic heterocycles. The number of pyridine rings is 1. The monoisotopic (exact) mass is 299 g/mol. The van der Waals surface area contributed by atoms with Crippen molar-refractivity contribution in [3.05, 3.63) is 30.1 Å². The van der Waals surface area contributed by atoms with Crippen LogP contribution in [0.5, 0.6) is 0 Å². The number of halogens is 1. The molecule has 1 amide bonds. The predicted molar refractivity (Wildman–Crippen MR) is 72.0 cm³/mol. The first-order chi connectivity index (χ1) is 8.13. The molecule has 17 heavy (non-hydrogen) atoms. The summed E-state index contributed by atoms with van der Waals surface area (Å²) in [5.74, 6) is 0.107.